The van der Waals surface area contributed by atoms with Crippen LogP contribution in [0.25, 0.3) is 0 Å². The van der Waals surface area contributed by atoms with E-state index in [9.17, 15) is 0 Å². The lowest BCUT2D eigenvalue weighted by Crippen LogP contribution is -2.00. The number of hydrogen-bond acceptors (Lipinski definition) is 3. The lowest BCUT2D eigenvalue weighted by atomic mass is 10.1. The van der Waals surface area contributed by atoms with Crippen LogP contribution < -0.4 is 0 Å². The highest BCUT2D eigenvalue weighted by Gasteiger charge is 2.15. The Morgan fingerprint density at radius 3 is 3.20 bits per heavy atom. The molecule has 0 saturated carbocycles. The van der Waals surface area contributed by atoms with Gasteiger partial charge in [0.05, 0.1) is 5.71 Å². The number of hydrogen-bond donors (Lipinski definition) is 0. The molecule has 0 radical (unpaired) electrons. The number of halogens is 1. The zero-order chi connectivity index (χ0) is 6.97. The third kappa shape index (κ3) is 0.789. The molecule has 0 atom stereocenters. The van der Waals surface area contributed by atoms with Crippen LogP contribution in [0.4, 0.5) is 0 Å². The molecule has 0 amide bonds. The average molecular weight is 154 g/mol. The van der Waals surface area contributed by atoms with Gasteiger partial charge in [0.1, 0.15) is 5.70 Å². The Hall–Kier alpha value is -0.960. The van der Waals surface area contributed by atoms with Crippen molar-refractivity contribution in [2.75, 3.05) is 0 Å². The summed E-state index contributed by atoms with van der Waals surface area (Å²) >= 11 is 5.74. The van der Waals surface area contributed by atoms with Gasteiger partial charge in [0, 0.05) is 11.5 Å². The van der Waals surface area contributed by atoms with Crippen LogP contribution in [0.5, 0.6) is 0 Å². The van der Waals surface area contributed by atoms with E-state index in [1.165, 1.54) is 0 Å². The molecule has 0 fully saturated rings. The molecule has 2 rings (SSSR count). The first kappa shape index (κ1) is 5.80. The van der Waals surface area contributed by atoms with E-state index in [4.69, 9.17) is 11.6 Å². The van der Waals surface area contributed by atoms with E-state index < -0.39 is 0 Å². The highest BCUT2D eigenvalue weighted by molar-refractivity contribution is 6.32. The van der Waals surface area contributed by atoms with Crippen molar-refractivity contribution in [3.63, 3.8) is 0 Å². The lowest BCUT2D eigenvalue weighted by molar-refractivity contribution is 1.09. The summed E-state index contributed by atoms with van der Waals surface area (Å²) < 4.78 is 0. The third-order valence-corrected chi connectivity index (χ3v) is 1.63. The molecule has 1 aliphatic carbocycles. The highest BCUT2D eigenvalue weighted by Crippen LogP contribution is 2.23. The van der Waals surface area contributed by atoms with Gasteiger partial charge in [-0.1, -0.05) is 11.6 Å². The quantitative estimate of drug-likeness (QED) is 0.512. The van der Waals surface area contributed by atoms with E-state index in [0.29, 0.717) is 6.42 Å². The van der Waals surface area contributed by atoms with Gasteiger partial charge in [-0.3, -0.25) is 0 Å². The van der Waals surface area contributed by atoms with Crippen LogP contribution >= 0.6 is 11.6 Å². The van der Waals surface area contributed by atoms with Gasteiger partial charge in [-0.15, -0.1) is 10.2 Å². The summed E-state index contributed by atoms with van der Waals surface area (Å²) in [6.07, 6.45) is 4.31. The summed E-state index contributed by atoms with van der Waals surface area (Å²) in [5.41, 5.74) is 1.71. The van der Waals surface area contributed by atoms with Gasteiger partial charge in [0.2, 0.25) is 0 Å². The van der Waals surface area contributed by atoms with Gasteiger partial charge in [-0.2, -0.15) is 0 Å². The Labute approximate surface area is 62.8 Å². The third-order valence-electron chi connectivity index (χ3n) is 1.37. The molecule has 1 heterocycles. The molecule has 0 aromatic heterocycles. The van der Waals surface area contributed by atoms with Crippen molar-refractivity contribution in [2.45, 2.75) is 6.42 Å². The minimum atomic E-state index is 0.667. The highest BCUT2D eigenvalue weighted by atomic mass is 35.5. The van der Waals surface area contributed by atoms with Gasteiger partial charge in [0.25, 0.3) is 0 Å². The van der Waals surface area contributed by atoms with Crippen molar-refractivity contribution in [3.05, 3.63) is 22.9 Å². The van der Waals surface area contributed by atoms with Crippen molar-refractivity contribution in [1.82, 2.24) is 0 Å². The van der Waals surface area contributed by atoms with Gasteiger partial charge in [-0.05, 0) is 17.4 Å². The molecular formula is C6H4ClN3. The fourth-order valence-electron chi connectivity index (χ4n) is 0.877. The fourth-order valence-corrected chi connectivity index (χ4v) is 1.07. The van der Waals surface area contributed by atoms with E-state index >= 15 is 0 Å². The van der Waals surface area contributed by atoms with Gasteiger partial charge in [0.15, 0.2) is 0 Å². The molecule has 3 nitrogen and oxygen atoms in total. The summed E-state index contributed by atoms with van der Waals surface area (Å²) in [6.45, 7) is 0. The molecular weight excluding hydrogens is 150 g/mol. The fraction of sp³-hybridized carbons (Fsp3) is 0.167. The van der Waals surface area contributed by atoms with Crippen LogP contribution in [0, 0.1) is 0 Å². The monoisotopic (exact) mass is 153 g/mol. The van der Waals surface area contributed by atoms with Crippen molar-refractivity contribution < 1.29 is 0 Å². The summed E-state index contributed by atoms with van der Waals surface area (Å²) in [5.74, 6) is 0. The predicted octanol–water partition coefficient (Wildman–Crippen LogP) is 2.22. The first-order chi connectivity index (χ1) is 4.86. The van der Waals surface area contributed by atoms with Crippen molar-refractivity contribution in [3.8, 4) is 0 Å². The Morgan fingerprint density at radius 2 is 2.30 bits per heavy atom. The molecule has 1 aliphatic heterocycles. The van der Waals surface area contributed by atoms with E-state index in [1.807, 2.05) is 12.2 Å². The van der Waals surface area contributed by atoms with E-state index in [1.54, 1.807) is 0 Å². The smallest absolute Gasteiger partial charge is 0.111 e. The van der Waals surface area contributed by atoms with Gasteiger partial charge < -0.3 is 0 Å². The number of fused-ring (bicyclic) bond motifs is 1. The summed E-state index contributed by atoms with van der Waals surface area (Å²) in [6, 6.07) is 0. The SMILES string of the molecule is ClC1=CC=C2N=NN=C2C1. The molecule has 0 unspecified atom stereocenters. The number of nitrogens with zero attached hydrogens (tertiary/aromatic N) is 3. The summed E-state index contributed by atoms with van der Waals surface area (Å²) in [4.78, 5) is 0. The molecule has 0 N–H and O–H groups in total. The second-order valence-electron chi connectivity index (χ2n) is 2.08. The summed E-state index contributed by atoms with van der Waals surface area (Å²) in [7, 11) is 0. The molecule has 0 saturated heterocycles. The topological polar surface area (TPSA) is 37.1 Å². The standard InChI is InChI=1S/C6H4ClN3/c7-4-1-2-5-6(3-4)9-10-8-5/h1-2H,3H2. The first-order valence-electron chi connectivity index (χ1n) is 2.90. The molecule has 0 aromatic carbocycles. The van der Waals surface area contributed by atoms with Gasteiger partial charge in [-0.25, -0.2) is 0 Å². The molecule has 50 valence electrons. The minimum absolute atomic E-state index is 0.667. The second-order valence-corrected chi connectivity index (χ2v) is 2.56. The van der Waals surface area contributed by atoms with E-state index in [2.05, 4.69) is 15.4 Å². The van der Waals surface area contributed by atoms with Crippen LogP contribution in [0.3, 0.4) is 0 Å². The minimum Gasteiger partial charge on any atom is -0.133 e. The van der Waals surface area contributed by atoms with Crippen LogP contribution in [-0.4, -0.2) is 5.71 Å². The number of allylic oxidation sites excluding steroid dienone is 4. The maximum Gasteiger partial charge on any atom is 0.111 e. The first-order valence-corrected chi connectivity index (χ1v) is 3.28. The maximum atomic E-state index is 5.74. The van der Waals surface area contributed by atoms with Crippen LogP contribution in [-0.2, 0) is 0 Å². The molecule has 2 aliphatic rings. The lowest BCUT2D eigenvalue weighted by Gasteiger charge is -2.02. The number of rotatable bonds is 0. The normalized spacial score (nSPS) is 21.5. The van der Waals surface area contributed by atoms with E-state index in [0.717, 1.165) is 16.4 Å². The van der Waals surface area contributed by atoms with Crippen molar-refractivity contribution in [1.29, 1.82) is 0 Å². The van der Waals surface area contributed by atoms with Gasteiger partial charge >= 0.3 is 0 Å². The Morgan fingerprint density at radius 1 is 1.40 bits per heavy atom. The Balaban J connectivity index is 2.42. The molecule has 0 spiro atoms. The zero-order valence-corrected chi connectivity index (χ0v) is 5.84. The second kappa shape index (κ2) is 2.02. The van der Waals surface area contributed by atoms with Crippen LogP contribution in [0.15, 0.2) is 38.3 Å². The van der Waals surface area contributed by atoms with Crippen molar-refractivity contribution >= 4 is 17.3 Å². The Kier molecular flexibility index (Phi) is 1.17. The molecule has 0 aromatic rings. The average Bonchev–Trinajstić information content (AvgIpc) is 2.33. The van der Waals surface area contributed by atoms with E-state index in [-0.39, 0.29) is 0 Å². The molecule has 0 bridgehead atoms. The Bertz CT molecular complexity index is 285. The molecule has 10 heavy (non-hydrogen) atoms. The van der Waals surface area contributed by atoms with Crippen LogP contribution in [0.1, 0.15) is 6.42 Å². The molecule has 4 heteroatoms. The predicted molar refractivity (Wildman–Crippen MR) is 38.9 cm³/mol. The van der Waals surface area contributed by atoms with Crippen molar-refractivity contribution in [2.24, 2.45) is 15.4 Å². The zero-order valence-electron chi connectivity index (χ0n) is 5.08. The largest absolute Gasteiger partial charge is 0.133 e. The van der Waals surface area contributed by atoms with Crippen LogP contribution in [0.2, 0.25) is 0 Å². The summed E-state index contributed by atoms with van der Waals surface area (Å²) in [5, 5.41) is 11.9. The maximum absolute atomic E-state index is 5.74.